The van der Waals surface area contributed by atoms with Crippen LogP contribution in [0.15, 0.2) is 16.9 Å². The van der Waals surface area contributed by atoms with E-state index >= 15 is 0 Å². The van der Waals surface area contributed by atoms with Crippen molar-refractivity contribution in [3.05, 3.63) is 16.9 Å². The summed E-state index contributed by atoms with van der Waals surface area (Å²) in [5.74, 6) is 0.765. The van der Waals surface area contributed by atoms with Crippen LogP contribution in [-0.2, 0) is 4.79 Å². The van der Waals surface area contributed by atoms with E-state index in [1.165, 1.54) is 0 Å². The number of nitrogens with two attached hydrogens (primary N) is 1. The minimum absolute atomic E-state index is 0.0585. The van der Waals surface area contributed by atoms with Crippen molar-refractivity contribution in [1.82, 2.24) is 14.9 Å². The minimum atomic E-state index is -0.365. The highest BCUT2D eigenvalue weighted by Gasteiger charge is 2.25. The SMILES string of the molecule is CCCC(N)C(=O)N1CCN(c2ncc(Br)cn2)CC1. The van der Waals surface area contributed by atoms with Gasteiger partial charge in [0.05, 0.1) is 10.5 Å². The molecular formula is C13H20BrN5O. The molecule has 1 aliphatic rings. The topological polar surface area (TPSA) is 75.4 Å². The second-order valence-corrected chi connectivity index (χ2v) is 5.82. The largest absolute Gasteiger partial charge is 0.338 e. The zero-order valence-electron chi connectivity index (χ0n) is 11.6. The Morgan fingerprint density at radius 2 is 1.95 bits per heavy atom. The van der Waals surface area contributed by atoms with E-state index in [0.29, 0.717) is 19.0 Å². The number of carbonyl (C=O) groups excluding carboxylic acids is 1. The van der Waals surface area contributed by atoms with Gasteiger partial charge < -0.3 is 15.5 Å². The Morgan fingerprint density at radius 3 is 2.50 bits per heavy atom. The van der Waals surface area contributed by atoms with Crippen molar-refractivity contribution < 1.29 is 4.79 Å². The second-order valence-electron chi connectivity index (χ2n) is 4.91. The van der Waals surface area contributed by atoms with Crippen LogP contribution in [0.5, 0.6) is 0 Å². The molecule has 1 aromatic heterocycles. The minimum Gasteiger partial charge on any atom is -0.338 e. The number of nitrogens with zero attached hydrogens (tertiary/aromatic N) is 4. The van der Waals surface area contributed by atoms with Gasteiger partial charge in [0.2, 0.25) is 11.9 Å². The van der Waals surface area contributed by atoms with Crippen molar-refractivity contribution in [3.8, 4) is 0 Å². The van der Waals surface area contributed by atoms with Crippen molar-refractivity contribution in [3.63, 3.8) is 0 Å². The fourth-order valence-electron chi connectivity index (χ4n) is 2.26. The van der Waals surface area contributed by atoms with E-state index in [0.717, 1.165) is 30.4 Å². The van der Waals surface area contributed by atoms with E-state index in [1.807, 2.05) is 11.8 Å². The lowest BCUT2D eigenvalue weighted by Gasteiger charge is -2.35. The summed E-state index contributed by atoms with van der Waals surface area (Å²) in [5.41, 5.74) is 5.89. The number of piperazine rings is 1. The Bertz CT molecular complexity index is 445. The van der Waals surface area contributed by atoms with Crippen LogP contribution in [0.25, 0.3) is 0 Å². The first-order chi connectivity index (χ1) is 9.61. The molecule has 0 aromatic carbocycles. The van der Waals surface area contributed by atoms with Gasteiger partial charge in [-0.3, -0.25) is 4.79 Å². The van der Waals surface area contributed by atoms with Crippen molar-refractivity contribution in [2.24, 2.45) is 5.73 Å². The molecule has 6 nitrogen and oxygen atoms in total. The fourth-order valence-corrected chi connectivity index (χ4v) is 2.47. The summed E-state index contributed by atoms with van der Waals surface area (Å²) in [7, 11) is 0. The maximum atomic E-state index is 12.1. The van der Waals surface area contributed by atoms with Gasteiger partial charge in [0.15, 0.2) is 0 Å². The Kier molecular flexibility index (Phi) is 5.31. The van der Waals surface area contributed by atoms with Crippen molar-refractivity contribution in [2.75, 3.05) is 31.1 Å². The van der Waals surface area contributed by atoms with Crippen LogP contribution in [0, 0.1) is 0 Å². The lowest BCUT2D eigenvalue weighted by molar-refractivity contribution is -0.133. The number of aromatic nitrogens is 2. The van der Waals surface area contributed by atoms with Crippen molar-refractivity contribution in [2.45, 2.75) is 25.8 Å². The van der Waals surface area contributed by atoms with Crippen LogP contribution in [-0.4, -0.2) is 53.0 Å². The summed E-state index contributed by atoms with van der Waals surface area (Å²) in [6, 6.07) is -0.365. The lowest BCUT2D eigenvalue weighted by atomic mass is 10.1. The van der Waals surface area contributed by atoms with Gasteiger partial charge in [-0.05, 0) is 22.4 Å². The van der Waals surface area contributed by atoms with Crippen LogP contribution in [0.3, 0.4) is 0 Å². The number of hydrogen-bond donors (Lipinski definition) is 1. The highest BCUT2D eigenvalue weighted by molar-refractivity contribution is 9.10. The van der Waals surface area contributed by atoms with Gasteiger partial charge in [-0.1, -0.05) is 13.3 Å². The zero-order valence-corrected chi connectivity index (χ0v) is 13.2. The Morgan fingerprint density at radius 1 is 1.35 bits per heavy atom. The number of halogens is 1. The maximum absolute atomic E-state index is 12.1. The molecule has 1 saturated heterocycles. The molecule has 1 fully saturated rings. The van der Waals surface area contributed by atoms with Crippen molar-refractivity contribution >= 4 is 27.8 Å². The number of hydrogen-bond acceptors (Lipinski definition) is 5. The highest BCUT2D eigenvalue weighted by Crippen LogP contribution is 2.14. The van der Waals surface area contributed by atoms with E-state index < -0.39 is 0 Å². The molecule has 0 bridgehead atoms. The number of anilines is 1. The van der Waals surface area contributed by atoms with Gasteiger partial charge in [-0.25, -0.2) is 9.97 Å². The molecule has 110 valence electrons. The molecule has 20 heavy (non-hydrogen) atoms. The first kappa shape index (κ1) is 15.2. The monoisotopic (exact) mass is 341 g/mol. The van der Waals surface area contributed by atoms with Gasteiger partial charge in [0, 0.05) is 38.6 Å². The van der Waals surface area contributed by atoms with Gasteiger partial charge in [-0.15, -0.1) is 0 Å². The average Bonchev–Trinajstić information content (AvgIpc) is 2.48. The summed E-state index contributed by atoms with van der Waals surface area (Å²) in [5, 5.41) is 0. The predicted octanol–water partition coefficient (Wildman–Crippen LogP) is 1.02. The molecule has 2 N–H and O–H groups in total. The first-order valence-corrected chi connectivity index (χ1v) is 7.68. The number of carbonyl (C=O) groups is 1. The van der Waals surface area contributed by atoms with Crippen LogP contribution in [0.4, 0.5) is 5.95 Å². The van der Waals surface area contributed by atoms with E-state index in [-0.39, 0.29) is 11.9 Å². The molecule has 1 aliphatic heterocycles. The van der Waals surface area contributed by atoms with E-state index in [9.17, 15) is 4.79 Å². The number of amides is 1. The average molecular weight is 342 g/mol. The Labute approximate surface area is 127 Å². The molecule has 0 spiro atoms. The number of rotatable bonds is 4. The highest BCUT2D eigenvalue weighted by atomic mass is 79.9. The Hall–Kier alpha value is -1.21. The summed E-state index contributed by atoms with van der Waals surface area (Å²) in [6.07, 6.45) is 5.14. The van der Waals surface area contributed by atoms with E-state index in [1.54, 1.807) is 12.4 Å². The first-order valence-electron chi connectivity index (χ1n) is 6.88. The molecule has 0 saturated carbocycles. The summed E-state index contributed by atoms with van der Waals surface area (Å²) < 4.78 is 0.862. The normalized spacial score (nSPS) is 17.1. The van der Waals surface area contributed by atoms with Crippen LogP contribution >= 0.6 is 15.9 Å². The third-order valence-electron chi connectivity index (χ3n) is 3.40. The van der Waals surface area contributed by atoms with Gasteiger partial charge in [0.1, 0.15) is 0 Å². The van der Waals surface area contributed by atoms with E-state index in [4.69, 9.17) is 5.73 Å². The summed E-state index contributed by atoms with van der Waals surface area (Å²) in [4.78, 5) is 24.6. The third kappa shape index (κ3) is 3.67. The molecule has 1 unspecified atom stereocenters. The molecule has 2 rings (SSSR count). The van der Waals surface area contributed by atoms with Crippen LogP contribution in [0.1, 0.15) is 19.8 Å². The van der Waals surface area contributed by atoms with Crippen LogP contribution < -0.4 is 10.6 Å². The third-order valence-corrected chi connectivity index (χ3v) is 3.81. The molecule has 1 atom stereocenters. The van der Waals surface area contributed by atoms with Gasteiger partial charge in [-0.2, -0.15) is 0 Å². The molecule has 0 radical (unpaired) electrons. The molecular weight excluding hydrogens is 322 g/mol. The predicted molar refractivity (Wildman–Crippen MR) is 81.4 cm³/mol. The standard InChI is InChI=1S/C13H20BrN5O/c1-2-3-11(15)12(20)18-4-6-19(7-5-18)13-16-8-10(14)9-17-13/h8-9,11H,2-7,15H2,1H3. The van der Waals surface area contributed by atoms with Crippen molar-refractivity contribution in [1.29, 1.82) is 0 Å². The summed E-state index contributed by atoms with van der Waals surface area (Å²) >= 11 is 3.32. The smallest absolute Gasteiger partial charge is 0.239 e. The fraction of sp³-hybridized carbons (Fsp3) is 0.615. The molecule has 7 heteroatoms. The summed E-state index contributed by atoms with van der Waals surface area (Å²) in [6.45, 7) is 4.87. The van der Waals surface area contributed by atoms with Gasteiger partial charge >= 0.3 is 0 Å². The van der Waals surface area contributed by atoms with E-state index in [2.05, 4.69) is 30.8 Å². The maximum Gasteiger partial charge on any atom is 0.239 e. The molecule has 0 aliphatic carbocycles. The second kappa shape index (κ2) is 6.99. The zero-order chi connectivity index (χ0) is 14.5. The lowest BCUT2D eigenvalue weighted by Crippen LogP contribution is -2.53. The van der Waals surface area contributed by atoms with Crippen LogP contribution in [0.2, 0.25) is 0 Å². The molecule has 1 aromatic rings. The molecule has 1 amide bonds. The van der Waals surface area contributed by atoms with Gasteiger partial charge in [0.25, 0.3) is 0 Å². The Balaban J connectivity index is 1.89. The quantitative estimate of drug-likeness (QED) is 0.884. The molecule has 2 heterocycles.